The standard InChI is InChI=1S/C24H38N2O4Si2/c1-31(2,3)29-18-16-26(17-19-30-32(4,5)6)23-14-12-22(13-15-23)25-24(27)28-20-21-10-8-7-9-11-21/h7-15H,16-20H2,1-6H3,(H,25,27). The summed E-state index contributed by atoms with van der Waals surface area (Å²) >= 11 is 0. The van der Waals surface area contributed by atoms with Crippen LogP contribution in [0.1, 0.15) is 5.56 Å². The van der Waals surface area contributed by atoms with Crippen molar-refractivity contribution in [3.63, 3.8) is 0 Å². The highest BCUT2D eigenvalue weighted by molar-refractivity contribution is 6.70. The summed E-state index contributed by atoms with van der Waals surface area (Å²) in [7, 11) is -3.12. The third-order valence-corrected chi connectivity index (χ3v) is 6.62. The van der Waals surface area contributed by atoms with Crippen LogP contribution < -0.4 is 10.2 Å². The normalized spacial score (nSPS) is 11.8. The van der Waals surface area contributed by atoms with Crippen LogP contribution in [0, 0.1) is 0 Å². The number of hydrogen-bond acceptors (Lipinski definition) is 5. The molecular weight excluding hydrogens is 436 g/mol. The minimum atomic E-state index is -1.56. The molecule has 2 aromatic carbocycles. The van der Waals surface area contributed by atoms with Gasteiger partial charge in [-0.15, -0.1) is 0 Å². The highest BCUT2D eigenvalue weighted by atomic mass is 28.4. The molecule has 0 aliphatic carbocycles. The van der Waals surface area contributed by atoms with Crippen LogP contribution in [0.4, 0.5) is 16.2 Å². The Bertz CT molecular complexity index is 799. The third kappa shape index (κ3) is 10.9. The molecule has 6 nitrogen and oxygen atoms in total. The number of carbonyl (C=O) groups is 1. The first-order valence-corrected chi connectivity index (χ1v) is 17.9. The fourth-order valence-corrected chi connectivity index (χ4v) is 4.33. The van der Waals surface area contributed by atoms with Gasteiger partial charge in [0.1, 0.15) is 6.61 Å². The lowest BCUT2D eigenvalue weighted by Crippen LogP contribution is -2.37. The number of ether oxygens (including phenoxy) is 1. The second kappa shape index (κ2) is 12.2. The van der Waals surface area contributed by atoms with E-state index in [0.717, 1.165) is 24.3 Å². The molecule has 0 aliphatic heterocycles. The van der Waals surface area contributed by atoms with Crippen molar-refractivity contribution in [2.24, 2.45) is 0 Å². The maximum atomic E-state index is 12.1. The molecule has 0 aromatic heterocycles. The van der Waals surface area contributed by atoms with Gasteiger partial charge in [0.15, 0.2) is 16.6 Å². The summed E-state index contributed by atoms with van der Waals surface area (Å²) in [4.78, 5) is 14.4. The Morgan fingerprint density at radius 1 is 0.812 bits per heavy atom. The SMILES string of the molecule is C[Si](C)(C)OCCN(CCO[Si](C)(C)C)c1ccc(NC(=O)OCc2ccccc2)cc1. The van der Waals surface area contributed by atoms with E-state index in [2.05, 4.69) is 49.5 Å². The molecular formula is C24H38N2O4Si2. The molecule has 0 radical (unpaired) electrons. The summed E-state index contributed by atoms with van der Waals surface area (Å²) in [6.07, 6.45) is -0.467. The Hall–Kier alpha value is -2.14. The average Bonchev–Trinajstić information content (AvgIpc) is 2.71. The van der Waals surface area contributed by atoms with Crippen molar-refractivity contribution in [1.82, 2.24) is 0 Å². The van der Waals surface area contributed by atoms with Gasteiger partial charge >= 0.3 is 6.09 Å². The van der Waals surface area contributed by atoms with Crippen LogP contribution in [-0.2, 0) is 20.2 Å². The van der Waals surface area contributed by atoms with Gasteiger partial charge < -0.3 is 18.5 Å². The van der Waals surface area contributed by atoms with Crippen molar-refractivity contribution in [2.75, 3.05) is 36.5 Å². The lowest BCUT2D eigenvalue weighted by molar-refractivity contribution is 0.155. The Morgan fingerprint density at radius 3 is 1.84 bits per heavy atom. The molecule has 176 valence electrons. The van der Waals surface area contributed by atoms with E-state index in [1.807, 2.05) is 54.6 Å². The fraction of sp³-hybridized carbons (Fsp3) is 0.458. The highest BCUT2D eigenvalue weighted by Gasteiger charge is 2.17. The predicted octanol–water partition coefficient (Wildman–Crippen LogP) is 5.94. The lowest BCUT2D eigenvalue weighted by Gasteiger charge is -2.28. The van der Waals surface area contributed by atoms with Crippen molar-refractivity contribution >= 4 is 34.1 Å². The van der Waals surface area contributed by atoms with E-state index in [-0.39, 0.29) is 6.61 Å². The van der Waals surface area contributed by atoms with Gasteiger partial charge in [-0.1, -0.05) is 30.3 Å². The Balaban J connectivity index is 1.92. The Morgan fingerprint density at radius 2 is 1.34 bits per heavy atom. The van der Waals surface area contributed by atoms with Crippen LogP contribution in [-0.4, -0.2) is 49.0 Å². The maximum Gasteiger partial charge on any atom is 0.411 e. The van der Waals surface area contributed by atoms with Crippen LogP contribution in [0.3, 0.4) is 0 Å². The van der Waals surface area contributed by atoms with Gasteiger partial charge in [0, 0.05) is 24.5 Å². The summed E-state index contributed by atoms with van der Waals surface area (Å²) in [5, 5.41) is 2.79. The summed E-state index contributed by atoms with van der Waals surface area (Å²) in [6.45, 7) is 16.4. The lowest BCUT2D eigenvalue weighted by atomic mass is 10.2. The molecule has 0 heterocycles. The van der Waals surface area contributed by atoms with E-state index in [4.69, 9.17) is 13.6 Å². The summed E-state index contributed by atoms with van der Waals surface area (Å²) in [5.74, 6) is 0. The van der Waals surface area contributed by atoms with E-state index in [1.54, 1.807) is 0 Å². The molecule has 2 rings (SSSR count). The van der Waals surface area contributed by atoms with Gasteiger partial charge in [0.05, 0.1) is 13.2 Å². The number of benzene rings is 2. The molecule has 0 aliphatic rings. The molecule has 8 heteroatoms. The molecule has 0 atom stereocenters. The Labute approximate surface area is 195 Å². The number of amides is 1. The molecule has 0 bridgehead atoms. The van der Waals surface area contributed by atoms with Crippen LogP contribution in [0.25, 0.3) is 0 Å². The Kier molecular flexibility index (Phi) is 9.96. The molecule has 0 unspecified atom stereocenters. The van der Waals surface area contributed by atoms with E-state index < -0.39 is 22.7 Å². The van der Waals surface area contributed by atoms with E-state index >= 15 is 0 Å². The molecule has 0 saturated carbocycles. The van der Waals surface area contributed by atoms with Gasteiger partial charge in [0.2, 0.25) is 0 Å². The number of hydrogen-bond donors (Lipinski definition) is 1. The monoisotopic (exact) mass is 474 g/mol. The van der Waals surface area contributed by atoms with Gasteiger partial charge in [-0.25, -0.2) is 4.79 Å². The molecule has 0 spiro atoms. The van der Waals surface area contributed by atoms with Crippen molar-refractivity contribution in [3.8, 4) is 0 Å². The third-order valence-electron chi connectivity index (χ3n) is 4.48. The topological polar surface area (TPSA) is 60.0 Å². The zero-order valence-electron chi connectivity index (χ0n) is 20.3. The number of anilines is 2. The molecule has 32 heavy (non-hydrogen) atoms. The van der Waals surface area contributed by atoms with Crippen LogP contribution in [0.15, 0.2) is 54.6 Å². The van der Waals surface area contributed by atoms with Crippen LogP contribution in [0.2, 0.25) is 39.3 Å². The van der Waals surface area contributed by atoms with Gasteiger partial charge in [-0.05, 0) is 69.1 Å². The van der Waals surface area contributed by atoms with E-state index in [9.17, 15) is 4.79 Å². The minimum Gasteiger partial charge on any atom is -0.444 e. The fourth-order valence-electron chi connectivity index (χ4n) is 2.93. The zero-order valence-corrected chi connectivity index (χ0v) is 22.3. The number of rotatable bonds is 12. The summed E-state index contributed by atoms with van der Waals surface area (Å²) < 4.78 is 17.4. The first-order valence-electron chi connectivity index (χ1n) is 11.1. The van der Waals surface area contributed by atoms with E-state index in [0.29, 0.717) is 18.9 Å². The van der Waals surface area contributed by atoms with Crippen molar-refractivity contribution in [2.45, 2.75) is 45.9 Å². The largest absolute Gasteiger partial charge is 0.444 e. The molecule has 1 N–H and O–H groups in total. The summed E-state index contributed by atoms with van der Waals surface area (Å²) in [5.41, 5.74) is 2.73. The quantitative estimate of drug-likeness (QED) is 0.386. The van der Waals surface area contributed by atoms with Crippen LogP contribution >= 0.6 is 0 Å². The van der Waals surface area contributed by atoms with Gasteiger partial charge in [-0.3, -0.25) is 5.32 Å². The van der Waals surface area contributed by atoms with Crippen molar-refractivity contribution in [1.29, 1.82) is 0 Å². The first-order chi connectivity index (χ1) is 15.0. The number of nitrogens with one attached hydrogen (secondary N) is 1. The van der Waals surface area contributed by atoms with Gasteiger partial charge in [0.25, 0.3) is 0 Å². The zero-order chi connectivity index (χ0) is 23.6. The van der Waals surface area contributed by atoms with E-state index in [1.165, 1.54) is 0 Å². The average molecular weight is 475 g/mol. The minimum absolute atomic E-state index is 0.243. The smallest absolute Gasteiger partial charge is 0.411 e. The number of nitrogens with zero attached hydrogens (tertiary/aromatic N) is 1. The van der Waals surface area contributed by atoms with Gasteiger partial charge in [-0.2, -0.15) is 0 Å². The molecule has 0 saturated heterocycles. The molecule has 0 fully saturated rings. The van der Waals surface area contributed by atoms with Crippen molar-refractivity contribution < 1.29 is 18.4 Å². The molecule has 2 aromatic rings. The maximum absolute atomic E-state index is 12.1. The van der Waals surface area contributed by atoms with Crippen molar-refractivity contribution in [3.05, 3.63) is 60.2 Å². The van der Waals surface area contributed by atoms with Crippen LogP contribution in [0.5, 0.6) is 0 Å². The second-order valence-corrected chi connectivity index (χ2v) is 18.7. The highest BCUT2D eigenvalue weighted by Crippen LogP contribution is 2.19. The second-order valence-electron chi connectivity index (χ2n) is 9.64. The molecule has 1 amide bonds. The first kappa shape index (κ1) is 26.1. The summed E-state index contributed by atoms with van der Waals surface area (Å²) in [6, 6.07) is 17.4. The number of carbonyl (C=O) groups excluding carboxylic acids is 1. The predicted molar refractivity (Wildman–Crippen MR) is 138 cm³/mol.